The zero-order valence-electron chi connectivity index (χ0n) is 25.7. The highest BCUT2D eigenvalue weighted by atomic mass is 16.6. The normalized spacial score (nSPS) is 12.1. The Morgan fingerprint density at radius 1 is 0.767 bits per heavy atom. The van der Waals surface area contributed by atoms with Gasteiger partial charge in [-0.1, -0.05) is 66.7 Å². The Balaban J connectivity index is 1.95. The minimum atomic E-state index is -1.03. The van der Waals surface area contributed by atoms with Crippen molar-refractivity contribution in [3.63, 3.8) is 0 Å². The van der Waals surface area contributed by atoms with Gasteiger partial charge < -0.3 is 24.3 Å². The van der Waals surface area contributed by atoms with Gasteiger partial charge in [-0.25, -0.2) is 19.2 Å². The lowest BCUT2D eigenvalue weighted by molar-refractivity contribution is -0.158. The monoisotopic (exact) mass is 589 g/mol. The maximum atomic E-state index is 13.1. The molecular weight excluding hydrogens is 550 g/mol. The molecule has 3 aromatic carbocycles. The van der Waals surface area contributed by atoms with Crippen molar-refractivity contribution in [3.05, 3.63) is 89.0 Å². The zero-order chi connectivity index (χ0) is 31.8. The second-order valence-corrected chi connectivity index (χ2v) is 11.9. The molecule has 1 atom stereocenters. The largest absolute Gasteiger partial charge is 0.467 e. The van der Waals surface area contributed by atoms with E-state index in [1.54, 1.807) is 53.7 Å². The molecule has 0 spiro atoms. The summed E-state index contributed by atoms with van der Waals surface area (Å²) in [5.41, 5.74) is 0.181. The summed E-state index contributed by atoms with van der Waals surface area (Å²) in [6.45, 7) is 10.3. The number of methoxy groups -OCH3 is 1. The summed E-state index contributed by atoms with van der Waals surface area (Å²) in [7, 11) is 1.24. The molecule has 1 amide bonds. The van der Waals surface area contributed by atoms with Gasteiger partial charge in [0.15, 0.2) is 0 Å². The van der Waals surface area contributed by atoms with E-state index >= 15 is 0 Å². The number of hydrogen-bond acceptors (Lipinski definition) is 8. The fraction of sp³-hybridized carbons (Fsp3) is 0.353. The first-order valence-corrected chi connectivity index (χ1v) is 13.9. The predicted molar refractivity (Wildman–Crippen MR) is 163 cm³/mol. The number of alkyl carbamates (subject to hydrolysis) is 1. The Kier molecular flexibility index (Phi) is 10.7. The van der Waals surface area contributed by atoms with E-state index in [4.69, 9.17) is 18.9 Å². The van der Waals surface area contributed by atoms with Crippen molar-refractivity contribution in [3.8, 4) is 0 Å². The molecule has 9 heteroatoms. The lowest BCUT2D eigenvalue weighted by atomic mass is 9.94. The van der Waals surface area contributed by atoms with Crippen molar-refractivity contribution in [2.75, 3.05) is 7.11 Å². The Morgan fingerprint density at radius 3 is 1.88 bits per heavy atom. The van der Waals surface area contributed by atoms with Crippen LogP contribution in [0.1, 0.15) is 58.2 Å². The van der Waals surface area contributed by atoms with Crippen LogP contribution in [0.4, 0.5) is 4.79 Å². The van der Waals surface area contributed by atoms with Gasteiger partial charge in [0, 0.05) is 6.42 Å². The molecule has 3 aromatic rings. The average Bonchev–Trinajstić information content (AvgIpc) is 2.93. The van der Waals surface area contributed by atoms with Crippen LogP contribution < -0.4 is 5.32 Å². The van der Waals surface area contributed by atoms with Crippen LogP contribution in [0.5, 0.6) is 0 Å². The topological polar surface area (TPSA) is 117 Å². The van der Waals surface area contributed by atoms with Crippen molar-refractivity contribution >= 4 is 40.8 Å². The summed E-state index contributed by atoms with van der Waals surface area (Å²) < 4.78 is 21.3. The molecule has 0 saturated heterocycles. The summed E-state index contributed by atoms with van der Waals surface area (Å²) in [6, 6.07) is 19.0. The quantitative estimate of drug-likeness (QED) is 0.108. The van der Waals surface area contributed by atoms with Crippen molar-refractivity contribution in [1.82, 2.24) is 5.32 Å². The molecule has 0 unspecified atom stereocenters. The number of hydrogen-bond donors (Lipinski definition) is 1. The molecule has 9 nitrogen and oxygen atoms in total. The number of fused-ring (bicyclic) bond motifs is 1. The summed E-state index contributed by atoms with van der Waals surface area (Å²) in [5, 5.41) is 4.06. The van der Waals surface area contributed by atoms with E-state index in [-0.39, 0.29) is 18.6 Å². The first-order chi connectivity index (χ1) is 20.2. The second-order valence-electron chi connectivity index (χ2n) is 11.9. The number of carbonyl (C=O) groups excluding carboxylic acids is 4. The van der Waals surface area contributed by atoms with E-state index in [1.165, 1.54) is 13.2 Å². The number of carbonyl (C=O) groups is 4. The summed E-state index contributed by atoms with van der Waals surface area (Å²) in [4.78, 5) is 51.4. The predicted octanol–water partition coefficient (Wildman–Crippen LogP) is 5.92. The van der Waals surface area contributed by atoms with Gasteiger partial charge in [0.25, 0.3) is 0 Å². The Bertz CT molecular complexity index is 1470. The van der Waals surface area contributed by atoms with Gasteiger partial charge in [-0.3, -0.25) is 0 Å². The fourth-order valence-corrected chi connectivity index (χ4v) is 4.17. The van der Waals surface area contributed by atoms with E-state index in [9.17, 15) is 19.2 Å². The lowest BCUT2D eigenvalue weighted by Gasteiger charge is -2.23. The third kappa shape index (κ3) is 9.99. The number of benzene rings is 3. The summed E-state index contributed by atoms with van der Waals surface area (Å²) >= 11 is 0. The van der Waals surface area contributed by atoms with Gasteiger partial charge in [0.2, 0.25) is 0 Å². The van der Waals surface area contributed by atoms with E-state index in [0.29, 0.717) is 10.9 Å². The number of ether oxygens (including phenoxy) is 4. The van der Waals surface area contributed by atoms with Crippen molar-refractivity contribution in [2.24, 2.45) is 0 Å². The highest BCUT2D eigenvalue weighted by Crippen LogP contribution is 2.27. The number of rotatable bonds is 9. The maximum Gasteiger partial charge on any atom is 0.408 e. The third-order valence-electron chi connectivity index (χ3n) is 6.00. The van der Waals surface area contributed by atoms with Gasteiger partial charge in [0.1, 0.15) is 29.4 Å². The molecule has 0 aromatic heterocycles. The van der Waals surface area contributed by atoms with E-state index in [1.807, 2.05) is 54.6 Å². The molecule has 228 valence electrons. The number of esters is 3. The van der Waals surface area contributed by atoms with Crippen LogP contribution >= 0.6 is 0 Å². The second kappa shape index (κ2) is 14.0. The molecule has 0 aliphatic heterocycles. The fourth-order valence-electron chi connectivity index (χ4n) is 4.17. The summed E-state index contributed by atoms with van der Waals surface area (Å²) in [6.07, 6.45) is 0.788. The molecule has 43 heavy (non-hydrogen) atoms. The van der Waals surface area contributed by atoms with E-state index < -0.39 is 41.2 Å². The van der Waals surface area contributed by atoms with Gasteiger partial charge >= 0.3 is 24.0 Å². The van der Waals surface area contributed by atoms with Gasteiger partial charge in [-0.05, 0) is 75.1 Å². The third-order valence-corrected chi connectivity index (χ3v) is 6.00. The summed E-state index contributed by atoms with van der Waals surface area (Å²) in [5.74, 6) is -2.25. The van der Waals surface area contributed by atoms with E-state index in [2.05, 4.69) is 5.32 Å². The Morgan fingerprint density at radius 2 is 1.33 bits per heavy atom. The molecule has 0 fully saturated rings. The molecule has 0 saturated carbocycles. The van der Waals surface area contributed by atoms with Crippen LogP contribution in [0.3, 0.4) is 0 Å². The maximum absolute atomic E-state index is 13.1. The first-order valence-electron chi connectivity index (χ1n) is 13.9. The van der Waals surface area contributed by atoms with Crippen LogP contribution in [0.15, 0.2) is 72.3 Å². The average molecular weight is 590 g/mol. The molecule has 1 N–H and O–H groups in total. The van der Waals surface area contributed by atoms with Gasteiger partial charge in [0.05, 0.1) is 7.11 Å². The highest BCUT2D eigenvalue weighted by Gasteiger charge is 2.30. The van der Waals surface area contributed by atoms with Gasteiger partial charge in [-0.15, -0.1) is 0 Å². The standard InChI is InChI=1S/C34H39NO8/c1-33(2,3)42-29(36)27(30(37)43-34(4,5)6)19-23-17-18-24(26-16-12-11-15-25(23)26)20-28(31(38)40-7)35-32(39)41-21-22-13-9-8-10-14-22/h8-19,28H,20-21H2,1-7H3,(H,35,39)/t28-/m0/s1. The molecule has 0 heterocycles. The number of amides is 1. The molecule has 3 rings (SSSR count). The SMILES string of the molecule is COC(=O)[C@H](Cc1ccc(C=C(C(=O)OC(C)(C)C)C(=O)OC(C)(C)C)c2ccccc12)NC(=O)OCc1ccccc1. The van der Waals surface area contributed by atoms with Crippen molar-refractivity contribution in [1.29, 1.82) is 0 Å². The molecular formula is C34H39NO8. The van der Waals surface area contributed by atoms with E-state index in [0.717, 1.165) is 16.5 Å². The molecule has 0 aliphatic carbocycles. The van der Waals surface area contributed by atoms with Crippen LogP contribution in [-0.2, 0) is 46.4 Å². The highest BCUT2D eigenvalue weighted by molar-refractivity contribution is 6.18. The molecule has 0 radical (unpaired) electrons. The zero-order valence-corrected chi connectivity index (χ0v) is 25.7. The van der Waals surface area contributed by atoms with Crippen LogP contribution in [0.2, 0.25) is 0 Å². The van der Waals surface area contributed by atoms with Crippen LogP contribution in [0, 0.1) is 0 Å². The first kappa shape index (κ1) is 32.8. The minimum Gasteiger partial charge on any atom is -0.467 e. The molecule has 0 aliphatic rings. The van der Waals surface area contributed by atoms with Crippen LogP contribution in [-0.4, -0.2) is 48.4 Å². The Hall–Kier alpha value is -4.66. The smallest absolute Gasteiger partial charge is 0.408 e. The van der Waals surface area contributed by atoms with Crippen molar-refractivity contribution in [2.45, 2.75) is 71.8 Å². The minimum absolute atomic E-state index is 0.0438. The van der Waals surface area contributed by atoms with Crippen molar-refractivity contribution < 1.29 is 38.1 Å². The molecule has 0 bridgehead atoms. The van der Waals surface area contributed by atoms with Gasteiger partial charge in [-0.2, -0.15) is 0 Å². The Labute approximate surface area is 252 Å². The van der Waals surface area contributed by atoms with Crippen LogP contribution in [0.25, 0.3) is 16.8 Å². The lowest BCUT2D eigenvalue weighted by Crippen LogP contribution is -2.43. The number of nitrogens with one attached hydrogen (secondary N) is 1.